The maximum Gasteiger partial charge on any atom is 0.425 e. The highest BCUT2D eigenvalue weighted by Crippen LogP contribution is 2.47. The van der Waals surface area contributed by atoms with Gasteiger partial charge in [-0.1, -0.05) is 0 Å². The highest BCUT2D eigenvalue weighted by molar-refractivity contribution is 9.10. The maximum absolute atomic E-state index is 15.9. The number of rotatable bonds is 6. The van der Waals surface area contributed by atoms with E-state index in [0.29, 0.717) is 21.7 Å². The van der Waals surface area contributed by atoms with Gasteiger partial charge in [-0.25, -0.2) is 38.5 Å². The molecule has 16 nitrogen and oxygen atoms in total. The van der Waals surface area contributed by atoms with Crippen LogP contribution in [0.25, 0.3) is 11.2 Å². The van der Waals surface area contributed by atoms with Gasteiger partial charge in [0.05, 0.1) is 36.2 Å². The first-order chi connectivity index (χ1) is 24.0. The number of ether oxygens (including phenoxy) is 4. The summed E-state index contributed by atoms with van der Waals surface area (Å²) in [4.78, 5) is 67.7. The molecule has 3 aromatic rings. The van der Waals surface area contributed by atoms with Crippen molar-refractivity contribution in [1.29, 1.82) is 0 Å². The molecule has 2 aliphatic heterocycles. The summed E-state index contributed by atoms with van der Waals surface area (Å²) < 4.78 is 40.0. The predicted octanol–water partition coefficient (Wildman–Crippen LogP) is 5.95. The number of carboxylic acid groups (broad SMARTS) is 1. The minimum atomic E-state index is -1.72. The second kappa shape index (κ2) is 13.7. The summed E-state index contributed by atoms with van der Waals surface area (Å²) in [6, 6.07) is 0. The topological polar surface area (TPSA) is 188 Å². The van der Waals surface area contributed by atoms with Gasteiger partial charge in [0.15, 0.2) is 22.5 Å². The lowest BCUT2D eigenvalue weighted by Crippen LogP contribution is -2.57. The first-order valence-electron chi connectivity index (χ1n) is 16.6. The van der Waals surface area contributed by atoms with Gasteiger partial charge in [-0.3, -0.25) is 0 Å². The van der Waals surface area contributed by atoms with Crippen molar-refractivity contribution in [3.63, 3.8) is 0 Å². The molecule has 0 saturated carbocycles. The Balaban J connectivity index is 1.58. The van der Waals surface area contributed by atoms with Gasteiger partial charge in [-0.05, 0) is 78.2 Å². The number of imide groups is 1. The minimum Gasteiger partial charge on any atom is -0.491 e. The van der Waals surface area contributed by atoms with Crippen LogP contribution in [-0.2, 0) is 32.0 Å². The van der Waals surface area contributed by atoms with Crippen molar-refractivity contribution in [1.82, 2.24) is 24.8 Å². The van der Waals surface area contributed by atoms with Crippen LogP contribution in [0.2, 0.25) is 0 Å². The SMILES string of the molecule is CC(C)(C)OC(=O)NC1(C(=O)O)CCN(c2c(Cn3cnc4c(N(C(=O)OC(C)(C)C)C(=O)OC(C)(C)C)ncnc43)c(Br)c(F)c3c2OCC3)C1. The van der Waals surface area contributed by atoms with Gasteiger partial charge in [-0.15, -0.1) is 0 Å². The number of aromatic nitrogens is 4. The molecule has 0 radical (unpaired) electrons. The number of nitrogens with zero attached hydrogens (tertiary/aromatic N) is 6. The van der Waals surface area contributed by atoms with Crippen LogP contribution in [0.3, 0.4) is 0 Å². The highest BCUT2D eigenvalue weighted by atomic mass is 79.9. The Morgan fingerprint density at radius 1 is 1.00 bits per heavy atom. The van der Waals surface area contributed by atoms with Crippen LogP contribution in [0.4, 0.5) is 30.3 Å². The van der Waals surface area contributed by atoms with E-state index in [9.17, 15) is 24.3 Å². The number of hydrogen-bond donors (Lipinski definition) is 2. The lowest BCUT2D eigenvalue weighted by molar-refractivity contribution is -0.143. The summed E-state index contributed by atoms with van der Waals surface area (Å²) in [6.45, 7) is 15.0. The standard InChI is InChI=1S/C34H43BrFN7O9/c1-31(2,3)50-28(46)40-34(27(44)45)11-12-41(15-34)23-19(20(35)21(36)18-10-13-49-24(18)23)14-42-17-39-22-25(42)37-16-38-26(22)43(29(47)51-32(4,5)6)30(48)52-33(7,8)9/h16-17H,10-15H2,1-9H3,(H,40,46)(H,44,45). The number of carbonyl (C=O) groups excluding carboxylic acids is 3. The van der Waals surface area contributed by atoms with E-state index in [1.165, 1.54) is 6.33 Å². The molecular formula is C34H43BrFN7O9. The van der Waals surface area contributed by atoms with Gasteiger partial charge in [0.2, 0.25) is 0 Å². The van der Waals surface area contributed by atoms with Gasteiger partial charge < -0.3 is 38.8 Å². The average molecular weight is 793 g/mol. The summed E-state index contributed by atoms with van der Waals surface area (Å²) in [6.07, 6.45) is -0.138. The van der Waals surface area contributed by atoms with E-state index in [0.717, 1.165) is 6.33 Å². The van der Waals surface area contributed by atoms with Crippen LogP contribution in [0, 0.1) is 5.82 Å². The number of hydrogen-bond acceptors (Lipinski definition) is 12. The Bertz CT molecular complexity index is 1900. The number of alkyl carbamates (subject to hydrolysis) is 1. The van der Waals surface area contributed by atoms with Crippen LogP contribution in [0.15, 0.2) is 17.1 Å². The third-order valence-electron chi connectivity index (χ3n) is 7.91. The largest absolute Gasteiger partial charge is 0.491 e. The normalized spacial score (nSPS) is 17.4. The Morgan fingerprint density at radius 3 is 2.19 bits per heavy atom. The third-order valence-corrected chi connectivity index (χ3v) is 8.73. The van der Waals surface area contributed by atoms with Crippen LogP contribution in [-0.4, -0.2) is 90.9 Å². The molecule has 0 aliphatic carbocycles. The minimum absolute atomic E-state index is 0.0144. The second-order valence-electron chi connectivity index (χ2n) is 15.6. The second-order valence-corrected chi connectivity index (χ2v) is 16.4. The summed E-state index contributed by atoms with van der Waals surface area (Å²) >= 11 is 3.44. The molecule has 0 spiro atoms. The van der Waals surface area contributed by atoms with Crippen molar-refractivity contribution < 1.29 is 47.6 Å². The monoisotopic (exact) mass is 791 g/mol. The molecule has 4 heterocycles. The number of carboxylic acids is 1. The third kappa shape index (κ3) is 8.00. The lowest BCUT2D eigenvalue weighted by Gasteiger charge is -2.30. The zero-order valence-electron chi connectivity index (χ0n) is 30.5. The van der Waals surface area contributed by atoms with Crippen molar-refractivity contribution in [3.05, 3.63) is 34.1 Å². The van der Waals surface area contributed by atoms with Crippen molar-refractivity contribution >= 4 is 62.8 Å². The number of benzene rings is 1. The van der Waals surface area contributed by atoms with Gasteiger partial charge in [-0.2, -0.15) is 4.90 Å². The number of nitrogens with one attached hydrogen (secondary N) is 1. The molecule has 1 fully saturated rings. The Hall–Kier alpha value is -4.74. The molecule has 3 amide bonds. The first kappa shape index (κ1) is 38.5. The number of fused-ring (bicyclic) bond motifs is 2. The van der Waals surface area contributed by atoms with E-state index in [-0.39, 0.29) is 66.3 Å². The molecule has 1 aromatic carbocycles. The zero-order valence-corrected chi connectivity index (χ0v) is 32.1. The van der Waals surface area contributed by atoms with Gasteiger partial charge in [0.1, 0.15) is 34.7 Å². The molecule has 5 rings (SSSR count). The van der Waals surface area contributed by atoms with E-state index in [2.05, 4.69) is 36.2 Å². The molecule has 282 valence electrons. The van der Waals surface area contributed by atoms with Crippen LogP contribution in [0.5, 0.6) is 5.75 Å². The van der Waals surface area contributed by atoms with Gasteiger partial charge >= 0.3 is 24.2 Å². The quantitative estimate of drug-likeness (QED) is 0.279. The van der Waals surface area contributed by atoms with Crippen molar-refractivity contribution in [2.24, 2.45) is 0 Å². The van der Waals surface area contributed by atoms with E-state index >= 15 is 4.39 Å². The molecule has 2 N–H and O–H groups in total. The Morgan fingerprint density at radius 2 is 1.62 bits per heavy atom. The number of aliphatic carboxylic acids is 1. The van der Waals surface area contributed by atoms with E-state index in [4.69, 9.17) is 18.9 Å². The number of anilines is 2. The fourth-order valence-corrected chi connectivity index (χ4v) is 6.42. The summed E-state index contributed by atoms with van der Waals surface area (Å²) in [5.74, 6) is -1.74. The smallest absolute Gasteiger partial charge is 0.425 e. The maximum atomic E-state index is 15.9. The van der Waals surface area contributed by atoms with Gasteiger partial charge in [0, 0.05) is 30.5 Å². The number of imidazole rings is 1. The molecule has 1 saturated heterocycles. The number of carbonyl (C=O) groups is 4. The molecule has 18 heteroatoms. The average Bonchev–Trinajstić information content (AvgIpc) is 3.73. The fraction of sp³-hybridized carbons (Fsp3) is 0.559. The van der Waals surface area contributed by atoms with E-state index < -0.39 is 52.4 Å². The van der Waals surface area contributed by atoms with Crippen LogP contribution >= 0.6 is 15.9 Å². The van der Waals surface area contributed by atoms with Gasteiger partial charge in [0.25, 0.3) is 0 Å². The molecule has 2 aliphatic rings. The highest BCUT2D eigenvalue weighted by Gasteiger charge is 2.49. The van der Waals surface area contributed by atoms with Crippen molar-refractivity contribution in [2.75, 3.05) is 29.5 Å². The Kier molecular flexibility index (Phi) is 10.1. The molecular weight excluding hydrogens is 749 g/mol. The lowest BCUT2D eigenvalue weighted by atomic mass is 9.99. The molecule has 52 heavy (non-hydrogen) atoms. The van der Waals surface area contributed by atoms with Crippen LogP contribution < -0.4 is 19.9 Å². The fourth-order valence-electron chi connectivity index (χ4n) is 5.87. The first-order valence-corrected chi connectivity index (χ1v) is 17.4. The molecule has 0 bridgehead atoms. The Labute approximate surface area is 308 Å². The summed E-state index contributed by atoms with van der Waals surface area (Å²) in [5, 5.41) is 12.9. The molecule has 2 aromatic heterocycles. The summed E-state index contributed by atoms with van der Waals surface area (Å²) in [5.41, 5.74) is -3.19. The van der Waals surface area contributed by atoms with Crippen LogP contribution in [0.1, 0.15) is 79.9 Å². The van der Waals surface area contributed by atoms with Crippen molar-refractivity contribution in [2.45, 2.75) is 104 Å². The summed E-state index contributed by atoms with van der Waals surface area (Å²) in [7, 11) is 0. The molecule has 1 unspecified atom stereocenters. The van der Waals surface area contributed by atoms with E-state index in [1.54, 1.807) is 71.8 Å². The zero-order chi connectivity index (χ0) is 38.6. The van der Waals surface area contributed by atoms with Crippen molar-refractivity contribution in [3.8, 4) is 5.75 Å². The molecule has 1 atom stereocenters. The number of amides is 3. The predicted molar refractivity (Wildman–Crippen MR) is 189 cm³/mol. The number of halogens is 2. The van der Waals surface area contributed by atoms with E-state index in [1.807, 2.05) is 0 Å².